The van der Waals surface area contributed by atoms with E-state index in [2.05, 4.69) is 25.5 Å². The molecule has 2 fully saturated rings. The molecule has 0 spiro atoms. The van der Waals surface area contributed by atoms with Crippen molar-refractivity contribution in [1.29, 1.82) is 0 Å². The lowest BCUT2D eigenvalue weighted by atomic mass is 10.3. The van der Waals surface area contributed by atoms with E-state index in [-0.39, 0.29) is 36.6 Å². The Morgan fingerprint density at radius 3 is 2.31 bits per heavy atom. The van der Waals surface area contributed by atoms with Gasteiger partial charge in [-0.3, -0.25) is 4.90 Å². The predicted molar refractivity (Wildman–Crippen MR) is 101 cm³/mol. The smallest absolute Gasteiger partial charge is 0.369 e. The molecule has 0 bridgehead atoms. The Balaban J connectivity index is 0.00000169. The van der Waals surface area contributed by atoms with Gasteiger partial charge in [0.05, 0.1) is 0 Å². The van der Waals surface area contributed by atoms with Gasteiger partial charge in [0.25, 0.3) is 0 Å². The number of nitrogens with one attached hydrogen (secondary N) is 2. The topological polar surface area (TPSA) is 56.3 Å². The molecule has 2 N–H and O–H groups in total. The van der Waals surface area contributed by atoms with Gasteiger partial charge in [-0.1, -0.05) is 0 Å². The molecule has 6 nitrogen and oxygen atoms in total. The van der Waals surface area contributed by atoms with Gasteiger partial charge in [0, 0.05) is 58.4 Å². The highest BCUT2D eigenvalue weighted by atomic mass is 35.5. The zero-order valence-electron chi connectivity index (χ0n) is 14.4. The summed E-state index contributed by atoms with van der Waals surface area (Å²) in [4.78, 5) is 12.1. The summed E-state index contributed by atoms with van der Waals surface area (Å²) >= 11 is 0. The SMILES string of the molecule is Cl.Cl.FC(F)(F)c1cc(NCCN2CCNCC2)nc(N2CCCC2)n1. The highest BCUT2D eigenvalue weighted by Crippen LogP contribution is 2.30. The van der Waals surface area contributed by atoms with E-state index in [1.807, 2.05) is 4.90 Å². The Kier molecular flexibility index (Phi) is 9.15. The summed E-state index contributed by atoms with van der Waals surface area (Å²) in [5.74, 6) is 0.418. The lowest BCUT2D eigenvalue weighted by Gasteiger charge is -2.27. The third-order valence-corrected chi connectivity index (χ3v) is 4.34. The van der Waals surface area contributed by atoms with E-state index in [0.29, 0.717) is 19.6 Å². The number of hydrogen-bond donors (Lipinski definition) is 2. The van der Waals surface area contributed by atoms with E-state index in [4.69, 9.17) is 0 Å². The first-order valence-electron chi connectivity index (χ1n) is 8.40. The standard InChI is InChI=1S/C15H23F3N6.2ClH/c16-15(17,18)12-11-13(20-5-10-23-8-3-19-4-9-23)22-14(21-12)24-6-1-2-7-24;;/h11,19H,1-10H2,(H,20,21,22);2*1H. The van der Waals surface area contributed by atoms with Crippen LogP contribution in [0.2, 0.25) is 0 Å². The number of halogens is 5. The van der Waals surface area contributed by atoms with Crippen molar-refractivity contribution in [3.05, 3.63) is 11.8 Å². The van der Waals surface area contributed by atoms with Crippen LogP contribution >= 0.6 is 24.8 Å². The molecule has 2 saturated heterocycles. The Labute approximate surface area is 163 Å². The van der Waals surface area contributed by atoms with Crippen molar-refractivity contribution >= 4 is 36.6 Å². The lowest BCUT2D eigenvalue weighted by molar-refractivity contribution is -0.141. The molecular formula is C15H25Cl2F3N6. The Morgan fingerprint density at radius 2 is 1.69 bits per heavy atom. The van der Waals surface area contributed by atoms with E-state index < -0.39 is 11.9 Å². The molecule has 1 aromatic heterocycles. The molecule has 0 aromatic carbocycles. The first-order valence-corrected chi connectivity index (χ1v) is 8.40. The van der Waals surface area contributed by atoms with Crippen LogP contribution in [0.15, 0.2) is 6.07 Å². The molecule has 0 unspecified atom stereocenters. The van der Waals surface area contributed by atoms with Crippen LogP contribution in [0.4, 0.5) is 24.9 Å². The van der Waals surface area contributed by atoms with Crippen molar-refractivity contribution in [3.8, 4) is 0 Å². The summed E-state index contributed by atoms with van der Waals surface area (Å²) in [5.41, 5.74) is -0.885. The van der Waals surface area contributed by atoms with Gasteiger partial charge in [0.15, 0.2) is 5.69 Å². The van der Waals surface area contributed by atoms with Crippen molar-refractivity contribution in [3.63, 3.8) is 0 Å². The van der Waals surface area contributed by atoms with Crippen molar-refractivity contribution in [2.45, 2.75) is 19.0 Å². The molecule has 0 aliphatic carbocycles. The highest BCUT2D eigenvalue weighted by molar-refractivity contribution is 5.85. The molecule has 2 aliphatic heterocycles. The normalized spacial score (nSPS) is 18.2. The fourth-order valence-corrected chi connectivity index (χ4v) is 3.01. The van der Waals surface area contributed by atoms with Crippen LogP contribution in [0.25, 0.3) is 0 Å². The average molecular weight is 417 g/mol. The maximum atomic E-state index is 13.1. The zero-order chi connectivity index (χ0) is 17.0. The molecule has 1 aromatic rings. The number of anilines is 2. The van der Waals surface area contributed by atoms with Gasteiger partial charge in [-0.15, -0.1) is 24.8 Å². The number of piperazine rings is 1. The second kappa shape index (κ2) is 10.3. The van der Waals surface area contributed by atoms with Crippen molar-refractivity contribution < 1.29 is 13.2 Å². The average Bonchev–Trinajstić information content (AvgIpc) is 3.09. The molecule has 2 aliphatic rings. The lowest BCUT2D eigenvalue weighted by Crippen LogP contribution is -2.45. The zero-order valence-corrected chi connectivity index (χ0v) is 16.0. The summed E-state index contributed by atoms with van der Waals surface area (Å²) in [6, 6.07) is 0.997. The molecular weight excluding hydrogens is 392 g/mol. The van der Waals surface area contributed by atoms with Gasteiger partial charge in [0.1, 0.15) is 5.82 Å². The maximum Gasteiger partial charge on any atom is 0.433 e. The van der Waals surface area contributed by atoms with Gasteiger partial charge in [-0.05, 0) is 12.8 Å². The summed E-state index contributed by atoms with van der Waals surface area (Å²) in [6.07, 6.45) is -2.54. The molecule has 150 valence electrons. The van der Waals surface area contributed by atoms with Crippen LogP contribution in [-0.2, 0) is 6.18 Å². The molecule has 3 heterocycles. The third-order valence-electron chi connectivity index (χ3n) is 4.34. The number of alkyl halides is 3. The fraction of sp³-hybridized carbons (Fsp3) is 0.733. The molecule has 0 saturated carbocycles. The maximum absolute atomic E-state index is 13.1. The van der Waals surface area contributed by atoms with Crippen molar-refractivity contribution in [2.75, 3.05) is 62.6 Å². The van der Waals surface area contributed by atoms with Crippen molar-refractivity contribution in [1.82, 2.24) is 20.2 Å². The van der Waals surface area contributed by atoms with Crippen LogP contribution in [0, 0.1) is 0 Å². The predicted octanol–water partition coefficient (Wildman–Crippen LogP) is 2.26. The molecule has 0 atom stereocenters. The van der Waals surface area contributed by atoms with E-state index >= 15 is 0 Å². The van der Waals surface area contributed by atoms with E-state index in [1.54, 1.807) is 0 Å². The minimum atomic E-state index is -4.47. The summed E-state index contributed by atoms with van der Waals surface area (Å²) in [7, 11) is 0. The van der Waals surface area contributed by atoms with Crippen LogP contribution in [0.5, 0.6) is 0 Å². The Morgan fingerprint density at radius 1 is 1.04 bits per heavy atom. The number of aromatic nitrogens is 2. The number of rotatable bonds is 5. The van der Waals surface area contributed by atoms with Crippen LogP contribution in [0.3, 0.4) is 0 Å². The molecule has 11 heteroatoms. The molecule has 0 amide bonds. The highest BCUT2D eigenvalue weighted by Gasteiger charge is 2.34. The molecule has 26 heavy (non-hydrogen) atoms. The summed E-state index contributed by atoms with van der Waals surface area (Å²) in [6.45, 7) is 6.58. The van der Waals surface area contributed by atoms with Crippen LogP contribution < -0.4 is 15.5 Å². The van der Waals surface area contributed by atoms with Gasteiger partial charge < -0.3 is 15.5 Å². The minimum absolute atomic E-state index is 0. The van der Waals surface area contributed by atoms with Gasteiger partial charge in [-0.25, -0.2) is 4.98 Å². The fourth-order valence-electron chi connectivity index (χ4n) is 3.01. The van der Waals surface area contributed by atoms with Crippen LogP contribution in [-0.4, -0.2) is 67.2 Å². The second-order valence-corrected chi connectivity index (χ2v) is 6.15. The Hall–Kier alpha value is -1.03. The summed E-state index contributed by atoms with van der Waals surface area (Å²) in [5, 5.41) is 6.30. The monoisotopic (exact) mass is 416 g/mol. The quantitative estimate of drug-likeness (QED) is 0.767. The second-order valence-electron chi connectivity index (χ2n) is 6.15. The van der Waals surface area contributed by atoms with Crippen molar-refractivity contribution in [2.24, 2.45) is 0 Å². The van der Waals surface area contributed by atoms with Gasteiger partial charge in [-0.2, -0.15) is 18.2 Å². The first-order chi connectivity index (χ1) is 11.5. The Bertz CT molecular complexity index is 549. The number of hydrogen-bond acceptors (Lipinski definition) is 6. The molecule has 0 radical (unpaired) electrons. The van der Waals surface area contributed by atoms with E-state index in [1.165, 1.54) is 0 Å². The largest absolute Gasteiger partial charge is 0.433 e. The summed E-state index contributed by atoms with van der Waals surface area (Å²) < 4.78 is 39.3. The van der Waals surface area contributed by atoms with E-state index in [0.717, 1.165) is 51.6 Å². The number of nitrogens with zero attached hydrogens (tertiary/aromatic N) is 4. The van der Waals surface area contributed by atoms with Gasteiger partial charge >= 0.3 is 6.18 Å². The van der Waals surface area contributed by atoms with Crippen LogP contribution in [0.1, 0.15) is 18.5 Å². The first kappa shape index (κ1) is 23.0. The molecule has 3 rings (SSSR count). The van der Waals surface area contributed by atoms with Gasteiger partial charge in [0.2, 0.25) is 5.95 Å². The van der Waals surface area contributed by atoms with E-state index in [9.17, 15) is 13.2 Å². The minimum Gasteiger partial charge on any atom is -0.369 e. The third kappa shape index (κ3) is 6.29.